The van der Waals surface area contributed by atoms with Gasteiger partial charge in [0.2, 0.25) is 5.90 Å². The molecule has 28 heavy (non-hydrogen) atoms. The number of benzene rings is 1. The average molecular weight is 383 g/mol. The Labute approximate surface area is 166 Å². The lowest BCUT2D eigenvalue weighted by Gasteiger charge is -2.20. The number of aliphatic imine (C=N–C) groups is 1. The molecule has 3 aliphatic rings. The van der Waals surface area contributed by atoms with E-state index in [2.05, 4.69) is 28.6 Å². The Bertz CT molecular complexity index is 796. The number of nitrogens with zero attached hydrogens (tertiary/aromatic N) is 1. The highest BCUT2D eigenvalue weighted by atomic mass is 16.5. The maximum Gasteiger partial charge on any atom is 0.319 e. The summed E-state index contributed by atoms with van der Waals surface area (Å²) in [5.41, 5.74) is 13.2. The molecule has 6 nitrogen and oxygen atoms in total. The highest BCUT2D eigenvalue weighted by Crippen LogP contribution is 2.38. The number of rotatable bonds is 5. The van der Waals surface area contributed by atoms with Gasteiger partial charge in [-0.3, -0.25) is 4.99 Å². The number of carbonyl (C=O) groups excluding carboxylic acids is 1. The van der Waals surface area contributed by atoms with Gasteiger partial charge in [-0.15, -0.1) is 0 Å². The zero-order chi connectivity index (χ0) is 19.5. The molecule has 0 saturated heterocycles. The van der Waals surface area contributed by atoms with E-state index < -0.39 is 0 Å². The molecule has 0 radical (unpaired) electrons. The second-order valence-electron chi connectivity index (χ2n) is 8.12. The molecule has 1 aromatic carbocycles. The smallest absolute Gasteiger partial charge is 0.319 e. The topological polar surface area (TPSA) is 88.7 Å². The molecule has 0 aromatic heterocycles. The van der Waals surface area contributed by atoms with Crippen molar-refractivity contribution in [3.8, 4) is 0 Å². The molecule has 6 heteroatoms. The van der Waals surface area contributed by atoms with Gasteiger partial charge in [-0.05, 0) is 67.2 Å². The first-order chi connectivity index (χ1) is 13.7. The molecule has 2 amide bonds. The summed E-state index contributed by atoms with van der Waals surface area (Å²) in [7, 11) is 0. The number of anilines is 1. The minimum absolute atomic E-state index is 0.147. The first-order valence-electron chi connectivity index (χ1n) is 10.5. The van der Waals surface area contributed by atoms with Crippen molar-refractivity contribution in [3.63, 3.8) is 0 Å². The first kappa shape index (κ1) is 18.8. The molecule has 0 spiro atoms. The van der Waals surface area contributed by atoms with Crippen molar-refractivity contribution in [3.05, 3.63) is 40.1 Å². The third-order valence-corrected chi connectivity index (χ3v) is 5.92. The maximum atomic E-state index is 12.6. The number of nitrogens with two attached hydrogens (primary N) is 1. The fourth-order valence-corrected chi connectivity index (χ4v) is 4.45. The molecule has 1 unspecified atom stereocenters. The van der Waals surface area contributed by atoms with Gasteiger partial charge in [-0.25, -0.2) is 4.79 Å². The lowest BCUT2D eigenvalue weighted by atomic mass is 9.99. The fraction of sp³-hybridized carbons (Fsp3) is 0.545. The first-order valence-corrected chi connectivity index (χ1v) is 10.5. The Morgan fingerprint density at radius 3 is 2.57 bits per heavy atom. The molecule has 0 saturated carbocycles. The van der Waals surface area contributed by atoms with Crippen LogP contribution < -0.4 is 16.4 Å². The zero-order valence-corrected chi connectivity index (χ0v) is 16.6. The predicted molar refractivity (Wildman–Crippen MR) is 112 cm³/mol. The predicted octanol–water partition coefficient (Wildman–Crippen LogP) is 3.08. The number of urea groups is 1. The Hall–Kier alpha value is -2.50. The highest BCUT2D eigenvalue weighted by molar-refractivity contribution is 5.94. The summed E-state index contributed by atoms with van der Waals surface area (Å²) in [6.07, 6.45) is 8.88. The van der Waals surface area contributed by atoms with Crippen molar-refractivity contribution in [1.82, 2.24) is 5.32 Å². The van der Waals surface area contributed by atoms with Gasteiger partial charge in [0.25, 0.3) is 0 Å². The molecular formula is C22H30N4O2. The third kappa shape index (κ3) is 3.86. The molecule has 0 bridgehead atoms. The average Bonchev–Trinajstić information content (AvgIpc) is 3.35. The van der Waals surface area contributed by atoms with Crippen LogP contribution in [0.1, 0.15) is 48.4 Å². The minimum Gasteiger partial charge on any atom is -0.477 e. The number of amides is 2. The van der Waals surface area contributed by atoms with Gasteiger partial charge in [0.15, 0.2) is 0 Å². The Balaban J connectivity index is 1.36. The fourth-order valence-electron chi connectivity index (χ4n) is 4.45. The molecule has 1 atom stereocenters. The van der Waals surface area contributed by atoms with Crippen LogP contribution in [-0.2, 0) is 30.4 Å². The SMILES string of the molecule is CC1CN=C(C(=CN)CCNC(=O)Nc2c3c(cc4c2CCC4)CCC3)OC1. The van der Waals surface area contributed by atoms with Gasteiger partial charge in [-0.2, -0.15) is 0 Å². The number of fused-ring (bicyclic) bond motifs is 2. The van der Waals surface area contributed by atoms with Crippen molar-refractivity contribution in [1.29, 1.82) is 0 Å². The van der Waals surface area contributed by atoms with Crippen molar-refractivity contribution in [2.45, 2.75) is 51.9 Å². The Kier molecular flexibility index (Phi) is 5.55. The number of nitrogens with one attached hydrogen (secondary N) is 2. The molecule has 4 rings (SSSR count). The van der Waals surface area contributed by atoms with Crippen LogP contribution in [0, 0.1) is 5.92 Å². The summed E-state index contributed by atoms with van der Waals surface area (Å²) in [5, 5.41) is 6.13. The highest BCUT2D eigenvalue weighted by Gasteiger charge is 2.25. The van der Waals surface area contributed by atoms with E-state index in [1.165, 1.54) is 41.3 Å². The molecule has 4 N–H and O–H groups in total. The monoisotopic (exact) mass is 382 g/mol. The van der Waals surface area contributed by atoms with Crippen LogP contribution in [0.5, 0.6) is 0 Å². The van der Waals surface area contributed by atoms with E-state index >= 15 is 0 Å². The van der Waals surface area contributed by atoms with Gasteiger partial charge >= 0.3 is 6.03 Å². The summed E-state index contributed by atoms with van der Waals surface area (Å²) in [6, 6.07) is 2.23. The standard InChI is InChI=1S/C22H30N4O2/c1-14-12-25-21(28-13-14)17(11-23)8-9-24-22(27)26-20-18-6-2-4-15(18)10-16-5-3-7-19(16)20/h10-11,14H,2-9,12-13,23H2,1H3,(H2,24,26,27). The maximum absolute atomic E-state index is 12.6. The van der Waals surface area contributed by atoms with Crippen molar-refractivity contribution in [2.24, 2.45) is 16.6 Å². The summed E-state index contributed by atoms with van der Waals surface area (Å²) >= 11 is 0. The molecule has 1 heterocycles. The molecule has 1 aliphatic heterocycles. The normalized spacial score (nSPS) is 20.8. The lowest BCUT2D eigenvalue weighted by molar-refractivity contribution is 0.231. The number of aryl methyl sites for hydroxylation is 2. The number of ether oxygens (including phenoxy) is 1. The molecule has 1 aromatic rings. The van der Waals surface area contributed by atoms with E-state index in [1.54, 1.807) is 0 Å². The van der Waals surface area contributed by atoms with Crippen molar-refractivity contribution < 1.29 is 9.53 Å². The second kappa shape index (κ2) is 8.25. The van der Waals surface area contributed by atoms with Crippen LogP contribution in [0.25, 0.3) is 0 Å². The van der Waals surface area contributed by atoms with Crippen LogP contribution in [0.3, 0.4) is 0 Å². The zero-order valence-electron chi connectivity index (χ0n) is 16.6. The van der Waals surface area contributed by atoms with E-state index in [-0.39, 0.29) is 6.03 Å². The van der Waals surface area contributed by atoms with E-state index in [0.717, 1.165) is 43.5 Å². The minimum atomic E-state index is -0.147. The van der Waals surface area contributed by atoms with Crippen LogP contribution in [0.15, 0.2) is 22.8 Å². The number of hydrogen-bond donors (Lipinski definition) is 3. The van der Waals surface area contributed by atoms with Crippen LogP contribution in [0.2, 0.25) is 0 Å². The van der Waals surface area contributed by atoms with E-state index in [9.17, 15) is 4.79 Å². The summed E-state index contributed by atoms with van der Waals surface area (Å²) in [6.45, 7) is 4.01. The molecule has 0 fully saturated rings. The summed E-state index contributed by atoms with van der Waals surface area (Å²) in [5.74, 6) is 1.04. The van der Waals surface area contributed by atoms with Crippen molar-refractivity contribution >= 4 is 17.6 Å². The summed E-state index contributed by atoms with van der Waals surface area (Å²) in [4.78, 5) is 17.0. The molecule has 150 valence electrons. The van der Waals surface area contributed by atoms with Crippen LogP contribution in [0.4, 0.5) is 10.5 Å². The number of hydrogen-bond acceptors (Lipinski definition) is 4. The van der Waals surface area contributed by atoms with Gasteiger partial charge < -0.3 is 21.1 Å². The lowest BCUT2D eigenvalue weighted by Crippen LogP contribution is -2.31. The Morgan fingerprint density at radius 2 is 1.96 bits per heavy atom. The second-order valence-corrected chi connectivity index (χ2v) is 8.12. The molecular weight excluding hydrogens is 352 g/mol. The van der Waals surface area contributed by atoms with Gasteiger partial charge in [0, 0.05) is 36.5 Å². The van der Waals surface area contributed by atoms with E-state index in [1.807, 2.05) is 0 Å². The van der Waals surface area contributed by atoms with Crippen molar-refractivity contribution in [2.75, 3.05) is 25.0 Å². The third-order valence-electron chi connectivity index (χ3n) is 5.92. The van der Waals surface area contributed by atoms with Gasteiger partial charge in [0.1, 0.15) is 0 Å². The Morgan fingerprint density at radius 1 is 1.25 bits per heavy atom. The summed E-state index contributed by atoms with van der Waals surface area (Å²) < 4.78 is 5.67. The number of carbonyl (C=O) groups is 1. The van der Waals surface area contributed by atoms with Crippen LogP contribution >= 0.6 is 0 Å². The molecule has 2 aliphatic carbocycles. The van der Waals surface area contributed by atoms with E-state index in [4.69, 9.17) is 10.5 Å². The van der Waals surface area contributed by atoms with Crippen LogP contribution in [-0.4, -0.2) is 31.6 Å². The quantitative estimate of drug-likeness (QED) is 0.731. The van der Waals surface area contributed by atoms with Gasteiger partial charge in [-0.1, -0.05) is 13.0 Å². The largest absolute Gasteiger partial charge is 0.477 e. The van der Waals surface area contributed by atoms with Gasteiger partial charge in [0.05, 0.1) is 6.61 Å². The van der Waals surface area contributed by atoms with E-state index in [0.29, 0.717) is 31.4 Å².